The number of aldehydes is 1. The minimum atomic E-state index is -0.188. The van der Waals surface area contributed by atoms with Gasteiger partial charge in [-0.2, -0.15) is 0 Å². The van der Waals surface area contributed by atoms with Crippen LogP contribution in [0.25, 0.3) is 44.2 Å². The van der Waals surface area contributed by atoms with Gasteiger partial charge in [0.25, 0.3) is 0 Å². The zero-order valence-corrected chi connectivity index (χ0v) is 35.4. The molecule has 61 heavy (non-hydrogen) atoms. The third-order valence-electron chi connectivity index (χ3n) is 11.2. The molecule has 0 aliphatic carbocycles. The van der Waals surface area contributed by atoms with E-state index in [1.807, 2.05) is 38.1 Å². The summed E-state index contributed by atoms with van der Waals surface area (Å²) in [7, 11) is 0. The number of benzene rings is 3. The van der Waals surface area contributed by atoms with Gasteiger partial charge >= 0.3 is 0 Å². The lowest BCUT2D eigenvalue weighted by Gasteiger charge is -2.23. The van der Waals surface area contributed by atoms with Gasteiger partial charge in [0.15, 0.2) is 0 Å². The Morgan fingerprint density at radius 1 is 0.820 bits per heavy atom. The van der Waals surface area contributed by atoms with Crippen molar-refractivity contribution in [2.45, 2.75) is 59.9 Å². The molecule has 0 radical (unpaired) electrons. The number of nitrogens with one attached hydrogen (secondary N) is 2. The van der Waals surface area contributed by atoms with E-state index in [9.17, 15) is 9.59 Å². The van der Waals surface area contributed by atoms with Crippen LogP contribution in [0.15, 0.2) is 110 Å². The van der Waals surface area contributed by atoms with E-state index in [-0.39, 0.29) is 17.7 Å². The van der Waals surface area contributed by atoms with Crippen molar-refractivity contribution in [2.24, 2.45) is 17.8 Å². The van der Waals surface area contributed by atoms with Gasteiger partial charge < -0.3 is 25.9 Å². The van der Waals surface area contributed by atoms with Crippen molar-refractivity contribution in [2.75, 3.05) is 30.8 Å². The average molecular weight is 815 g/mol. The average Bonchev–Trinajstić information content (AvgIpc) is 3.28. The molecule has 1 aliphatic heterocycles. The summed E-state index contributed by atoms with van der Waals surface area (Å²) < 4.78 is 5.50. The van der Waals surface area contributed by atoms with E-state index in [0.717, 1.165) is 93.5 Å². The van der Waals surface area contributed by atoms with Crippen LogP contribution in [0, 0.1) is 31.6 Å². The number of hydrogen-bond donors (Lipinski definition) is 3. The molecule has 3 aromatic carbocycles. The molecule has 1 saturated heterocycles. The highest BCUT2D eigenvalue weighted by atomic mass is 16.5. The van der Waals surface area contributed by atoms with E-state index in [1.165, 1.54) is 11.1 Å². The van der Waals surface area contributed by atoms with Gasteiger partial charge in [0.2, 0.25) is 5.91 Å². The van der Waals surface area contributed by atoms with Crippen LogP contribution in [0.4, 0.5) is 11.6 Å². The number of amides is 1. The topological polar surface area (TPSA) is 158 Å². The molecule has 1 fully saturated rings. The standard InChI is InChI=1S/C25H30N4O2.C25H24N4O/c1-16-5-3-9-27-23(16)19-7-8-22-20(12-19)13-21(24(26)29-22)11-17(2)25(30)28-14-18-6-4-10-31-15-18;1-17(16-30)12-21-14-20-13-19(22-7-4-3-6-18(22)2)8-9-23(20)29-25(21)28-15-24-26-10-5-11-27-24/h3,5,7-9,12-13,17-18H,4,6,10-11,14-15H2,1-2H3,(H2,26,29)(H,28,30);3-11,13-14,16-17H,12,15H2,1-2H3,(H,28,29)/t17?,18-;17-/m11/s1. The maximum absolute atomic E-state index is 12.6. The molecule has 7 aromatic rings. The van der Waals surface area contributed by atoms with Gasteiger partial charge in [-0.1, -0.05) is 56.3 Å². The molecule has 4 N–H and O–H groups in total. The minimum Gasteiger partial charge on any atom is -0.383 e. The lowest BCUT2D eigenvalue weighted by molar-refractivity contribution is -0.124. The van der Waals surface area contributed by atoms with E-state index < -0.39 is 0 Å². The van der Waals surface area contributed by atoms with Gasteiger partial charge in [-0.15, -0.1) is 0 Å². The molecule has 4 aromatic heterocycles. The predicted octanol–water partition coefficient (Wildman–Crippen LogP) is 8.90. The second-order valence-corrected chi connectivity index (χ2v) is 16.1. The van der Waals surface area contributed by atoms with Crippen molar-refractivity contribution < 1.29 is 14.3 Å². The fourth-order valence-corrected chi connectivity index (χ4v) is 7.72. The van der Waals surface area contributed by atoms with Gasteiger partial charge in [0.1, 0.15) is 23.7 Å². The second kappa shape index (κ2) is 20.1. The highest BCUT2D eigenvalue weighted by molar-refractivity contribution is 5.88. The smallest absolute Gasteiger partial charge is 0.223 e. The summed E-state index contributed by atoms with van der Waals surface area (Å²) in [6.45, 7) is 10.7. The number of carbonyl (C=O) groups is 2. The normalized spacial score (nSPS) is 14.7. The number of aryl methyl sites for hydroxylation is 2. The summed E-state index contributed by atoms with van der Waals surface area (Å²) in [5.41, 5.74) is 16.6. The fraction of sp³-hybridized carbons (Fsp3) is 0.300. The van der Waals surface area contributed by atoms with Crippen LogP contribution in [-0.2, 0) is 33.7 Å². The van der Waals surface area contributed by atoms with Crippen LogP contribution in [0.5, 0.6) is 0 Å². The first-order chi connectivity index (χ1) is 29.6. The Bertz CT molecular complexity index is 2610. The number of aromatic nitrogens is 5. The van der Waals surface area contributed by atoms with Crippen LogP contribution in [0.2, 0.25) is 0 Å². The molecule has 11 heteroatoms. The van der Waals surface area contributed by atoms with Crippen molar-refractivity contribution in [3.63, 3.8) is 0 Å². The van der Waals surface area contributed by atoms with E-state index >= 15 is 0 Å². The molecule has 8 rings (SSSR count). The monoisotopic (exact) mass is 814 g/mol. The Balaban J connectivity index is 0.000000184. The second-order valence-electron chi connectivity index (χ2n) is 16.1. The number of anilines is 2. The van der Waals surface area contributed by atoms with E-state index in [4.69, 9.17) is 15.5 Å². The lowest BCUT2D eigenvalue weighted by atomic mass is 9.97. The highest BCUT2D eigenvalue weighted by Gasteiger charge is 2.20. The molecular weight excluding hydrogens is 761 g/mol. The number of pyridine rings is 3. The summed E-state index contributed by atoms with van der Waals surface area (Å²) in [6.07, 6.45) is 9.58. The van der Waals surface area contributed by atoms with Crippen LogP contribution in [0.3, 0.4) is 0 Å². The van der Waals surface area contributed by atoms with Gasteiger partial charge in [0.05, 0.1) is 29.9 Å². The Hall–Kier alpha value is -6.59. The number of rotatable bonds is 13. The van der Waals surface area contributed by atoms with Crippen molar-refractivity contribution in [3.05, 3.63) is 138 Å². The quantitative estimate of drug-likeness (QED) is 0.0961. The van der Waals surface area contributed by atoms with E-state index in [2.05, 4.69) is 105 Å². The highest BCUT2D eigenvalue weighted by Crippen LogP contribution is 2.30. The molecule has 11 nitrogen and oxygen atoms in total. The summed E-state index contributed by atoms with van der Waals surface area (Å²) >= 11 is 0. The Kier molecular flexibility index (Phi) is 14.0. The molecule has 1 amide bonds. The number of ether oxygens (including phenoxy) is 1. The Morgan fingerprint density at radius 3 is 2.26 bits per heavy atom. The van der Waals surface area contributed by atoms with E-state index in [1.54, 1.807) is 24.7 Å². The zero-order chi connectivity index (χ0) is 42.7. The zero-order valence-electron chi connectivity index (χ0n) is 35.4. The lowest BCUT2D eigenvalue weighted by Crippen LogP contribution is -2.36. The number of fused-ring (bicyclic) bond motifs is 2. The minimum absolute atomic E-state index is 0.0444. The largest absolute Gasteiger partial charge is 0.383 e. The number of hydrogen-bond acceptors (Lipinski definition) is 10. The first-order valence-electron chi connectivity index (χ1n) is 21.1. The summed E-state index contributed by atoms with van der Waals surface area (Å²) in [5.74, 6) is 2.13. The number of carbonyl (C=O) groups excluding carboxylic acids is 2. The molecular formula is C50H54N8O3. The van der Waals surface area contributed by atoms with Crippen molar-refractivity contribution >= 4 is 45.6 Å². The maximum Gasteiger partial charge on any atom is 0.223 e. The van der Waals surface area contributed by atoms with Gasteiger partial charge in [-0.3, -0.25) is 9.78 Å². The third kappa shape index (κ3) is 11.0. The van der Waals surface area contributed by atoms with Crippen molar-refractivity contribution in [1.82, 2.24) is 30.2 Å². The first kappa shape index (κ1) is 42.5. The summed E-state index contributed by atoms with van der Waals surface area (Å²) in [4.78, 5) is 46.4. The van der Waals surface area contributed by atoms with Gasteiger partial charge in [0, 0.05) is 59.9 Å². The molecule has 3 atom stereocenters. The Labute approximate surface area is 357 Å². The van der Waals surface area contributed by atoms with Crippen molar-refractivity contribution in [3.8, 4) is 22.4 Å². The molecule has 312 valence electrons. The van der Waals surface area contributed by atoms with Crippen LogP contribution in [-0.4, -0.2) is 56.9 Å². The van der Waals surface area contributed by atoms with Gasteiger partial charge in [-0.25, -0.2) is 19.9 Å². The SMILES string of the molecule is Cc1ccccc1-c1ccc2nc(NCc3ncccn3)c(C[C@@H](C)C=O)cc2c1.Cc1cccnc1-c1ccc2nc(N)c(CC(C)C(=O)NC[C@H]3CCCOC3)cc2c1. The molecule has 1 aliphatic rings. The van der Waals surface area contributed by atoms with Gasteiger partial charge in [-0.05, 0) is 127 Å². The number of nitrogens with two attached hydrogens (primary N) is 1. The van der Waals surface area contributed by atoms with Crippen LogP contribution >= 0.6 is 0 Å². The number of nitrogens with zero attached hydrogens (tertiary/aromatic N) is 5. The Morgan fingerprint density at radius 2 is 1.52 bits per heavy atom. The molecule has 1 unspecified atom stereocenters. The molecule has 0 saturated carbocycles. The first-order valence-corrected chi connectivity index (χ1v) is 21.1. The maximum atomic E-state index is 12.6. The molecule has 5 heterocycles. The fourth-order valence-electron chi connectivity index (χ4n) is 7.72. The summed E-state index contributed by atoms with van der Waals surface area (Å²) in [5, 5.41) is 8.49. The third-order valence-corrected chi connectivity index (χ3v) is 11.2. The van der Waals surface area contributed by atoms with Crippen molar-refractivity contribution in [1.29, 1.82) is 0 Å². The van der Waals surface area contributed by atoms with Crippen LogP contribution in [0.1, 0.15) is 54.8 Å². The van der Waals surface area contributed by atoms with Crippen LogP contribution < -0.4 is 16.4 Å². The molecule has 0 spiro atoms. The summed E-state index contributed by atoms with van der Waals surface area (Å²) in [6, 6.07) is 30.8. The molecule has 0 bridgehead atoms. The van der Waals surface area contributed by atoms with E-state index in [0.29, 0.717) is 43.5 Å². The number of nitrogen functional groups attached to an aromatic ring is 1. The predicted molar refractivity (Wildman–Crippen MR) is 244 cm³/mol.